The maximum atomic E-state index is 11.7. The Labute approximate surface area is 110 Å². The Morgan fingerprint density at radius 3 is 2.47 bits per heavy atom. The molecule has 1 fully saturated rings. The number of hydrogen-bond acceptors (Lipinski definition) is 3. The van der Waals surface area contributed by atoms with Gasteiger partial charge >= 0.3 is 5.97 Å². The lowest BCUT2D eigenvalue weighted by molar-refractivity contribution is -0.117. The Kier molecular flexibility index (Phi) is 3.50. The Morgan fingerprint density at radius 1 is 1.26 bits per heavy atom. The van der Waals surface area contributed by atoms with E-state index in [0.717, 1.165) is 6.42 Å². The van der Waals surface area contributed by atoms with Crippen molar-refractivity contribution in [1.29, 1.82) is 0 Å². The van der Waals surface area contributed by atoms with Crippen LogP contribution in [0.3, 0.4) is 0 Å². The smallest absolute Gasteiger partial charge is 0.335 e. The van der Waals surface area contributed by atoms with Gasteiger partial charge in [-0.05, 0) is 24.6 Å². The molecule has 0 bridgehead atoms. The van der Waals surface area contributed by atoms with Gasteiger partial charge < -0.3 is 15.3 Å². The van der Waals surface area contributed by atoms with Gasteiger partial charge in [0.25, 0.3) is 5.91 Å². The molecular weight excluding hydrogens is 248 g/mol. The number of nitrogens with zero attached hydrogens (tertiary/aromatic N) is 1. The van der Waals surface area contributed by atoms with E-state index in [0.29, 0.717) is 18.7 Å². The zero-order valence-corrected chi connectivity index (χ0v) is 10.5. The molecule has 0 aliphatic carbocycles. The monoisotopic (exact) mass is 262 g/mol. The van der Waals surface area contributed by atoms with E-state index in [-0.39, 0.29) is 22.9 Å². The maximum Gasteiger partial charge on any atom is 0.335 e. The number of hydrogen-bond donors (Lipinski definition) is 2. The van der Waals surface area contributed by atoms with Crippen molar-refractivity contribution >= 4 is 23.5 Å². The lowest BCUT2D eigenvalue weighted by Crippen LogP contribution is -2.25. The van der Waals surface area contributed by atoms with Crippen LogP contribution in [-0.2, 0) is 4.79 Å². The van der Waals surface area contributed by atoms with Crippen LogP contribution in [0.2, 0.25) is 0 Å². The topological polar surface area (TPSA) is 86.7 Å². The molecular formula is C13H14N2O4. The van der Waals surface area contributed by atoms with Gasteiger partial charge in [0.2, 0.25) is 5.91 Å². The standard InChI is InChI=1S/C13H14N2O4/c1-14-12(17)8-5-9(13(18)19)7-10(6-8)15-4-2-3-11(15)16/h5-7H,2-4H2,1H3,(H,14,17)(H,18,19). The quantitative estimate of drug-likeness (QED) is 0.846. The molecule has 0 aromatic heterocycles. The molecule has 1 aliphatic rings. The Hall–Kier alpha value is -2.37. The fraction of sp³-hybridized carbons (Fsp3) is 0.308. The van der Waals surface area contributed by atoms with Crippen LogP contribution in [0.15, 0.2) is 18.2 Å². The van der Waals surface area contributed by atoms with Crippen LogP contribution in [0.4, 0.5) is 5.69 Å². The molecule has 100 valence electrons. The number of rotatable bonds is 3. The molecule has 2 amide bonds. The highest BCUT2D eigenvalue weighted by Gasteiger charge is 2.23. The Morgan fingerprint density at radius 2 is 1.95 bits per heavy atom. The second kappa shape index (κ2) is 5.09. The fourth-order valence-electron chi connectivity index (χ4n) is 2.09. The summed E-state index contributed by atoms with van der Waals surface area (Å²) in [6.45, 7) is 0.551. The van der Waals surface area contributed by atoms with Crippen LogP contribution in [0.1, 0.15) is 33.6 Å². The maximum absolute atomic E-state index is 11.7. The minimum Gasteiger partial charge on any atom is -0.478 e. The molecule has 0 saturated carbocycles. The summed E-state index contributed by atoms with van der Waals surface area (Å²) in [5, 5.41) is 11.5. The molecule has 1 aromatic carbocycles. The van der Waals surface area contributed by atoms with Crippen molar-refractivity contribution in [2.75, 3.05) is 18.5 Å². The minimum absolute atomic E-state index is 0.00389. The van der Waals surface area contributed by atoms with E-state index in [9.17, 15) is 14.4 Å². The normalized spacial score (nSPS) is 14.6. The van der Waals surface area contributed by atoms with E-state index in [1.54, 1.807) is 0 Å². The highest BCUT2D eigenvalue weighted by atomic mass is 16.4. The van der Waals surface area contributed by atoms with E-state index in [2.05, 4.69) is 5.32 Å². The molecule has 1 saturated heterocycles. The van der Waals surface area contributed by atoms with Crippen molar-refractivity contribution in [3.05, 3.63) is 29.3 Å². The molecule has 1 aromatic rings. The van der Waals surface area contributed by atoms with Crippen molar-refractivity contribution in [1.82, 2.24) is 5.32 Å². The molecule has 1 aliphatic heterocycles. The zero-order valence-electron chi connectivity index (χ0n) is 10.5. The summed E-state index contributed by atoms with van der Waals surface area (Å²) in [6, 6.07) is 4.25. The van der Waals surface area contributed by atoms with Gasteiger partial charge in [-0.3, -0.25) is 9.59 Å². The average Bonchev–Trinajstić information content (AvgIpc) is 2.83. The van der Waals surface area contributed by atoms with Crippen LogP contribution in [0, 0.1) is 0 Å². The van der Waals surface area contributed by atoms with Gasteiger partial charge in [0, 0.05) is 31.3 Å². The van der Waals surface area contributed by atoms with Crippen LogP contribution in [-0.4, -0.2) is 36.5 Å². The van der Waals surface area contributed by atoms with Crippen LogP contribution < -0.4 is 10.2 Å². The SMILES string of the molecule is CNC(=O)c1cc(C(=O)O)cc(N2CCCC2=O)c1. The lowest BCUT2D eigenvalue weighted by Gasteiger charge is -2.17. The summed E-state index contributed by atoms with van der Waals surface area (Å²) in [4.78, 5) is 35.9. The van der Waals surface area contributed by atoms with E-state index in [4.69, 9.17) is 5.11 Å². The molecule has 2 rings (SSSR count). The van der Waals surface area contributed by atoms with Gasteiger partial charge in [-0.2, -0.15) is 0 Å². The summed E-state index contributed by atoms with van der Waals surface area (Å²) < 4.78 is 0. The van der Waals surface area contributed by atoms with Crippen molar-refractivity contribution < 1.29 is 19.5 Å². The van der Waals surface area contributed by atoms with Crippen molar-refractivity contribution in [2.24, 2.45) is 0 Å². The highest BCUT2D eigenvalue weighted by molar-refractivity contribution is 6.02. The third kappa shape index (κ3) is 2.57. The van der Waals surface area contributed by atoms with E-state index in [1.807, 2.05) is 0 Å². The third-order valence-corrected chi connectivity index (χ3v) is 3.04. The molecule has 6 heteroatoms. The second-order valence-electron chi connectivity index (χ2n) is 4.30. The highest BCUT2D eigenvalue weighted by Crippen LogP contribution is 2.24. The summed E-state index contributed by atoms with van der Waals surface area (Å²) in [5.41, 5.74) is 0.689. The van der Waals surface area contributed by atoms with Crippen LogP contribution in [0.5, 0.6) is 0 Å². The van der Waals surface area contributed by atoms with Crippen LogP contribution >= 0.6 is 0 Å². The molecule has 0 unspecified atom stereocenters. The molecule has 0 atom stereocenters. The summed E-state index contributed by atoms with van der Waals surface area (Å²) in [7, 11) is 1.47. The molecule has 0 radical (unpaired) electrons. The number of carbonyl (C=O) groups excluding carboxylic acids is 2. The minimum atomic E-state index is -1.13. The Balaban J connectivity index is 2.48. The third-order valence-electron chi connectivity index (χ3n) is 3.04. The average molecular weight is 262 g/mol. The van der Waals surface area contributed by atoms with Gasteiger partial charge in [-0.25, -0.2) is 4.79 Å². The van der Waals surface area contributed by atoms with E-state index in [1.165, 1.54) is 30.1 Å². The largest absolute Gasteiger partial charge is 0.478 e. The number of benzene rings is 1. The second-order valence-corrected chi connectivity index (χ2v) is 4.30. The molecule has 2 N–H and O–H groups in total. The number of carbonyl (C=O) groups is 3. The first-order chi connectivity index (χ1) is 9.02. The number of anilines is 1. The predicted molar refractivity (Wildman–Crippen MR) is 68.4 cm³/mol. The molecule has 1 heterocycles. The van der Waals surface area contributed by atoms with Gasteiger partial charge in [0.15, 0.2) is 0 Å². The van der Waals surface area contributed by atoms with Crippen molar-refractivity contribution in [2.45, 2.75) is 12.8 Å². The summed E-state index contributed by atoms with van der Waals surface area (Å²) in [5.74, 6) is -1.56. The molecule has 6 nitrogen and oxygen atoms in total. The van der Waals surface area contributed by atoms with Gasteiger partial charge in [-0.15, -0.1) is 0 Å². The Bertz CT molecular complexity index is 554. The first-order valence-electron chi connectivity index (χ1n) is 5.94. The first kappa shape index (κ1) is 13.1. The number of carboxylic acid groups (broad SMARTS) is 1. The van der Waals surface area contributed by atoms with Crippen molar-refractivity contribution in [3.8, 4) is 0 Å². The number of amides is 2. The van der Waals surface area contributed by atoms with Gasteiger partial charge in [0.05, 0.1) is 5.56 Å². The summed E-state index contributed by atoms with van der Waals surface area (Å²) in [6.07, 6.45) is 1.19. The summed E-state index contributed by atoms with van der Waals surface area (Å²) >= 11 is 0. The van der Waals surface area contributed by atoms with Crippen LogP contribution in [0.25, 0.3) is 0 Å². The first-order valence-corrected chi connectivity index (χ1v) is 5.94. The van der Waals surface area contributed by atoms with Gasteiger partial charge in [-0.1, -0.05) is 0 Å². The van der Waals surface area contributed by atoms with Gasteiger partial charge in [0.1, 0.15) is 0 Å². The lowest BCUT2D eigenvalue weighted by atomic mass is 10.1. The fourth-order valence-corrected chi connectivity index (χ4v) is 2.09. The molecule has 19 heavy (non-hydrogen) atoms. The van der Waals surface area contributed by atoms with E-state index >= 15 is 0 Å². The zero-order chi connectivity index (χ0) is 14.0. The van der Waals surface area contributed by atoms with E-state index < -0.39 is 5.97 Å². The number of nitrogens with one attached hydrogen (secondary N) is 1. The number of carboxylic acids is 1. The predicted octanol–water partition coefficient (Wildman–Crippen LogP) is 0.871. The van der Waals surface area contributed by atoms with Crippen molar-refractivity contribution in [3.63, 3.8) is 0 Å². The molecule has 0 spiro atoms. The number of aromatic carboxylic acids is 1.